The third-order valence-corrected chi connectivity index (χ3v) is 5.82. The van der Waals surface area contributed by atoms with Gasteiger partial charge in [0.25, 0.3) is 0 Å². The summed E-state index contributed by atoms with van der Waals surface area (Å²) in [7, 11) is 7.36. The lowest BCUT2D eigenvalue weighted by molar-refractivity contribution is 0.307. The molecular formula is C22H33N5O2. The van der Waals surface area contributed by atoms with Gasteiger partial charge in [-0.3, -0.25) is 0 Å². The number of nitrogens with zero attached hydrogens (tertiary/aromatic N) is 3. The molecule has 1 aliphatic carbocycles. The van der Waals surface area contributed by atoms with Crippen LogP contribution in [0.2, 0.25) is 0 Å². The molecule has 0 radical (unpaired) electrons. The van der Waals surface area contributed by atoms with Crippen LogP contribution < -0.4 is 25.0 Å². The van der Waals surface area contributed by atoms with Gasteiger partial charge in [0.05, 0.1) is 14.2 Å². The number of aromatic nitrogens is 2. The third kappa shape index (κ3) is 5.50. The van der Waals surface area contributed by atoms with Gasteiger partial charge in [-0.05, 0) is 50.3 Å². The predicted molar refractivity (Wildman–Crippen MR) is 117 cm³/mol. The van der Waals surface area contributed by atoms with E-state index in [1.165, 1.54) is 25.7 Å². The van der Waals surface area contributed by atoms with E-state index in [9.17, 15) is 0 Å². The van der Waals surface area contributed by atoms with E-state index in [2.05, 4.69) is 38.6 Å². The van der Waals surface area contributed by atoms with Crippen LogP contribution in [0.1, 0.15) is 31.2 Å². The molecular weight excluding hydrogens is 366 g/mol. The van der Waals surface area contributed by atoms with Crippen molar-refractivity contribution >= 4 is 11.8 Å². The first-order valence-electron chi connectivity index (χ1n) is 10.3. The molecule has 0 saturated heterocycles. The smallest absolute Gasteiger partial charge is 0.227 e. The molecule has 1 aliphatic rings. The van der Waals surface area contributed by atoms with Crippen molar-refractivity contribution in [3.05, 3.63) is 36.0 Å². The molecule has 0 spiro atoms. The van der Waals surface area contributed by atoms with Gasteiger partial charge in [0.1, 0.15) is 17.3 Å². The van der Waals surface area contributed by atoms with Crippen LogP contribution in [0.3, 0.4) is 0 Å². The Hall–Kier alpha value is -2.54. The zero-order valence-corrected chi connectivity index (χ0v) is 17.9. The first-order valence-corrected chi connectivity index (χ1v) is 10.3. The molecule has 2 N–H and O–H groups in total. The molecule has 2 aromatic rings. The SMILES string of the molecule is CNc1ccnc(N(C)C2CCC(CNCc3ccc(OC)cc3OC)CC2)n1. The van der Waals surface area contributed by atoms with Crippen LogP contribution in [0.15, 0.2) is 30.5 Å². The molecule has 0 unspecified atom stereocenters. The highest BCUT2D eigenvalue weighted by molar-refractivity contribution is 5.41. The number of anilines is 2. The summed E-state index contributed by atoms with van der Waals surface area (Å²) < 4.78 is 10.8. The van der Waals surface area contributed by atoms with Crippen LogP contribution in [0, 0.1) is 5.92 Å². The van der Waals surface area contributed by atoms with Crippen LogP contribution in [0.5, 0.6) is 11.5 Å². The van der Waals surface area contributed by atoms with Gasteiger partial charge >= 0.3 is 0 Å². The van der Waals surface area contributed by atoms with Crippen molar-refractivity contribution < 1.29 is 9.47 Å². The molecule has 1 aromatic heterocycles. The van der Waals surface area contributed by atoms with E-state index >= 15 is 0 Å². The van der Waals surface area contributed by atoms with Gasteiger partial charge in [0, 0.05) is 44.5 Å². The van der Waals surface area contributed by atoms with Gasteiger partial charge in [-0.1, -0.05) is 6.07 Å². The average molecular weight is 400 g/mol. The summed E-state index contributed by atoms with van der Waals surface area (Å²) in [6.45, 7) is 1.83. The molecule has 7 nitrogen and oxygen atoms in total. The van der Waals surface area contributed by atoms with Crippen molar-refractivity contribution in [1.82, 2.24) is 15.3 Å². The number of methoxy groups -OCH3 is 2. The Kier molecular flexibility index (Phi) is 7.52. The van der Waals surface area contributed by atoms with Crippen LogP contribution in [0.25, 0.3) is 0 Å². The van der Waals surface area contributed by atoms with E-state index in [-0.39, 0.29) is 0 Å². The van der Waals surface area contributed by atoms with Gasteiger partial charge in [0.15, 0.2) is 0 Å². The second kappa shape index (κ2) is 10.3. The van der Waals surface area contributed by atoms with E-state index in [1.54, 1.807) is 14.2 Å². The van der Waals surface area contributed by atoms with Crippen LogP contribution in [-0.2, 0) is 6.54 Å². The van der Waals surface area contributed by atoms with Crippen molar-refractivity contribution in [2.45, 2.75) is 38.3 Å². The maximum Gasteiger partial charge on any atom is 0.227 e. The van der Waals surface area contributed by atoms with E-state index in [0.717, 1.165) is 41.9 Å². The molecule has 1 aromatic carbocycles. The highest BCUT2D eigenvalue weighted by Crippen LogP contribution is 2.29. The molecule has 3 rings (SSSR count). The van der Waals surface area contributed by atoms with Gasteiger partial charge in [-0.15, -0.1) is 0 Å². The summed E-state index contributed by atoms with van der Waals surface area (Å²) >= 11 is 0. The lowest BCUT2D eigenvalue weighted by Gasteiger charge is -2.34. The van der Waals surface area contributed by atoms with E-state index in [1.807, 2.05) is 31.4 Å². The van der Waals surface area contributed by atoms with Crippen molar-refractivity contribution in [2.24, 2.45) is 5.92 Å². The molecule has 0 aliphatic heterocycles. The lowest BCUT2D eigenvalue weighted by Crippen LogP contribution is -2.38. The minimum Gasteiger partial charge on any atom is -0.497 e. The minimum atomic E-state index is 0.500. The Labute approximate surface area is 173 Å². The first-order chi connectivity index (χ1) is 14.1. The molecule has 0 bridgehead atoms. The number of hydrogen-bond acceptors (Lipinski definition) is 7. The van der Waals surface area contributed by atoms with E-state index in [4.69, 9.17) is 9.47 Å². The number of benzene rings is 1. The van der Waals surface area contributed by atoms with Crippen LogP contribution >= 0.6 is 0 Å². The summed E-state index contributed by atoms with van der Waals surface area (Å²) in [6, 6.07) is 8.36. The molecule has 29 heavy (non-hydrogen) atoms. The molecule has 0 atom stereocenters. The lowest BCUT2D eigenvalue weighted by atomic mass is 9.85. The third-order valence-electron chi connectivity index (χ3n) is 5.82. The van der Waals surface area contributed by atoms with Crippen molar-refractivity contribution in [3.63, 3.8) is 0 Å². The summed E-state index contributed by atoms with van der Waals surface area (Å²) in [5.41, 5.74) is 1.16. The normalized spacial score (nSPS) is 18.9. The van der Waals surface area contributed by atoms with Crippen molar-refractivity contribution in [2.75, 3.05) is 45.1 Å². The van der Waals surface area contributed by atoms with Crippen LogP contribution in [-0.4, -0.2) is 50.9 Å². The zero-order valence-electron chi connectivity index (χ0n) is 17.9. The monoisotopic (exact) mass is 399 g/mol. The Morgan fingerprint density at radius 3 is 2.59 bits per heavy atom. The van der Waals surface area contributed by atoms with Crippen molar-refractivity contribution in [1.29, 1.82) is 0 Å². The Morgan fingerprint density at radius 1 is 1.10 bits per heavy atom. The second-order valence-electron chi connectivity index (χ2n) is 7.59. The summed E-state index contributed by atoms with van der Waals surface area (Å²) in [4.78, 5) is 11.2. The topological polar surface area (TPSA) is 71.5 Å². The average Bonchev–Trinajstić information content (AvgIpc) is 2.79. The number of hydrogen-bond donors (Lipinski definition) is 2. The molecule has 1 heterocycles. The van der Waals surface area contributed by atoms with Gasteiger partial charge in [0.2, 0.25) is 5.95 Å². The molecule has 158 valence electrons. The van der Waals surface area contributed by atoms with Gasteiger partial charge < -0.3 is 25.0 Å². The quantitative estimate of drug-likeness (QED) is 0.670. The van der Waals surface area contributed by atoms with E-state index < -0.39 is 0 Å². The minimum absolute atomic E-state index is 0.500. The summed E-state index contributed by atoms with van der Waals surface area (Å²) in [6.07, 6.45) is 6.58. The highest BCUT2D eigenvalue weighted by Gasteiger charge is 2.25. The Balaban J connectivity index is 1.45. The van der Waals surface area contributed by atoms with Gasteiger partial charge in [-0.2, -0.15) is 4.98 Å². The molecule has 1 saturated carbocycles. The fourth-order valence-electron chi connectivity index (χ4n) is 3.97. The largest absolute Gasteiger partial charge is 0.497 e. The van der Waals surface area contributed by atoms with E-state index in [0.29, 0.717) is 12.0 Å². The summed E-state index contributed by atoms with van der Waals surface area (Å²) in [5.74, 6) is 4.04. The Morgan fingerprint density at radius 2 is 1.90 bits per heavy atom. The maximum atomic E-state index is 5.49. The molecule has 7 heteroatoms. The molecule has 1 fully saturated rings. The van der Waals surface area contributed by atoms with Crippen LogP contribution in [0.4, 0.5) is 11.8 Å². The standard InChI is InChI=1S/C22H33N5O2/c1-23-21-11-12-25-22(26-21)27(2)18-8-5-16(6-9-18)14-24-15-17-7-10-19(28-3)13-20(17)29-4/h7,10-13,16,18,24H,5-6,8-9,14-15H2,1-4H3,(H,23,25,26). The number of nitrogens with one attached hydrogen (secondary N) is 2. The van der Waals surface area contributed by atoms with Gasteiger partial charge in [-0.25, -0.2) is 4.98 Å². The zero-order chi connectivity index (χ0) is 20.6. The first kappa shape index (κ1) is 21.2. The highest BCUT2D eigenvalue weighted by atomic mass is 16.5. The maximum absolute atomic E-state index is 5.49. The number of rotatable bonds is 9. The van der Waals surface area contributed by atoms with Crippen molar-refractivity contribution in [3.8, 4) is 11.5 Å². The molecule has 0 amide bonds. The predicted octanol–water partition coefficient (Wildman–Crippen LogP) is 3.32. The fourth-order valence-corrected chi connectivity index (χ4v) is 3.97. The number of ether oxygens (including phenoxy) is 2. The Bertz CT molecular complexity index is 778. The summed E-state index contributed by atoms with van der Waals surface area (Å²) in [5, 5.41) is 6.69. The second-order valence-corrected chi connectivity index (χ2v) is 7.59. The fraction of sp³-hybridized carbons (Fsp3) is 0.545.